The van der Waals surface area contributed by atoms with Gasteiger partial charge in [0.25, 0.3) is 0 Å². The van der Waals surface area contributed by atoms with Gasteiger partial charge in [0, 0.05) is 55.4 Å². The van der Waals surface area contributed by atoms with Crippen LogP contribution in [0.3, 0.4) is 0 Å². The first-order chi connectivity index (χ1) is 16.9. The monoisotopic (exact) mass is 509 g/mol. The fourth-order valence-corrected chi connectivity index (χ4v) is 7.04. The van der Waals surface area contributed by atoms with Crippen LogP contribution in [0.2, 0.25) is 0 Å². The highest BCUT2D eigenvalue weighted by Crippen LogP contribution is 2.40. The number of allylic oxidation sites excluding steroid dienone is 1. The van der Waals surface area contributed by atoms with E-state index >= 15 is 0 Å². The van der Waals surface area contributed by atoms with Crippen LogP contribution in [0.25, 0.3) is 6.08 Å². The van der Waals surface area contributed by atoms with Crippen LogP contribution in [0.5, 0.6) is 0 Å². The molecule has 0 N–H and O–H groups in total. The maximum absolute atomic E-state index is 12.6. The van der Waals surface area contributed by atoms with Gasteiger partial charge in [0.1, 0.15) is 12.6 Å². The van der Waals surface area contributed by atoms with Gasteiger partial charge in [-0.3, -0.25) is 4.79 Å². The molecule has 0 unspecified atom stereocenters. The van der Waals surface area contributed by atoms with E-state index in [1.165, 1.54) is 28.2 Å². The highest BCUT2D eigenvalue weighted by Gasteiger charge is 2.43. The number of hydrogen-bond acceptors (Lipinski definition) is 5. The van der Waals surface area contributed by atoms with E-state index in [4.69, 9.17) is 4.74 Å². The summed E-state index contributed by atoms with van der Waals surface area (Å²) in [5.74, 6) is 2.06. The Balaban J connectivity index is 1.49. The summed E-state index contributed by atoms with van der Waals surface area (Å²) in [5, 5.41) is 0. The molecule has 0 bridgehead atoms. The number of rotatable bonds is 8. The van der Waals surface area contributed by atoms with Gasteiger partial charge in [-0.15, -0.1) is 0 Å². The maximum Gasteiger partial charge on any atom is 0.306 e. The zero-order chi connectivity index (χ0) is 24.8. The smallest absolute Gasteiger partial charge is 0.306 e. The number of benzene rings is 2. The molecule has 4 nitrogen and oxygen atoms in total. The molecule has 2 aromatic carbocycles. The Morgan fingerprint density at radius 2 is 1.74 bits per heavy atom. The van der Waals surface area contributed by atoms with E-state index in [0.717, 1.165) is 37.3 Å². The van der Waals surface area contributed by atoms with Gasteiger partial charge in [0.15, 0.2) is 5.71 Å². The SMILES string of the molecule is CN(C)c1ccc(/C=C/C2=[N+](CCCC(=O)OC3CCSSCC3)c3ccccc3C2(C)C)cc1. The van der Waals surface area contributed by atoms with Crippen molar-refractivity contribution >= 4 is 50.7 Å². The minimum atomic E-state index is -0.104. The molecule has 6 heteroatoms. The zero-order valence-corrected chi connectivity index (χ0v) is 23.0. The number of para-hydroxylation sites is 1. The molecule has 0 radical (unpaired) electrons. The van der Waals surface area contributed by atoms with E-state index < -0.39 is 0 Å². The number of fused-ring (bicyclic) bond motifs is 1. The fourth-order valence-electron chi connectivity index (χ4n) is 4.81. The lowest BCUT2D eigenvalue weighted by Gasteiger charge is -2.15. The van der Waals surface area contributed by atoms with E-state index in [1.54, 1.807) is 0 Å². The van der Waals surface area contributed by atoms with Gasteiger partial charge in [-0.05, 0) is 50.5 Å². The Bertz CT molecular complexity index is 1080. The van der Waals surface area contributed by atoms with Crippen LogP contribution >= 0.6 is 21.6 Å². The van der Waals surface area contributed by atoms with Gasteiger partial charge >= 0.3 is 5.97 Å². The van der Waals surface area contributed by atoms with Crippen molar-refractivity contribution in [3.63, 3.8) is 0 Å². The third-order valence-electron chi connectivity index (χ3n) is 6.83. The molecule has 0 aliphatic carbocycles. The Morgan fingerprint density at radius 3 is 2.43 bits per heavy atom. The molecule has 0 spiro atoms. The topological polar surface area (TPSA) is 32.5 Å². The van der Waals surface area contributed by atoms with Crippen molar-refractivity contribution in [3.05, 3.63) is 65.7 Å². The molecule has 2 aliphatic rings. The van der Waals surface area contributed by atoms with Crippen molar-refractivity contribution in [3.8, 4) is 0 Å². The molecule has 0 saturated carbocycles. The van der Waals surface area contributed by atoms with Gasteiger partial charge < -0.3 is 9.64 Å². The number of nitrogens with zero attached hydrogens (tertiary/aromatic N) is 2. The van der Waals surface area contributed by atoms with Crippen LogP contribution in [0, 0.1) is 0 Å². The highest BCUT2D eigenvalue weighted by molar-refractivity contribution is 8.76. The molecule has 2 aliphatic heterocycles. The van der Waals surface area contributed by atoms with Crippen molar-refractivity contribution in [2.24, 2.45) is 0 Å². The summed E-state index contributed by atoms with van der Waals surface area (Å²) in [4.78, 5) is 14.7. The zero-order valence-electron chi connectivity index (χ0n) is 21.3. The Labute approximate surface area is 218 Å². The second-order valence-corrected chi connectivity index (χ2v) is 12.6. The van der Waals surface area contributed by atoms with Crippen molar-refractivity contribution in [2.75, 3.05) is 37.0 Å². The lowest BCUT2D eigenvalue weighted by atomic mass is 9.81. The summed E-state index contributed by atoms with van der Waals surface area (Å²) in [5.41, 5.74) is 6.11. The first-order valence-corrected chi connectivity index (χ1v) is 15.0. The van der Waals surface area contributed by atoms with Gasteiger partial charge in [-0.25, -0.2) is 0 Å². The largest absolute Gasteiger partial charge is 0.462 e. The number of esters is 1. The molecule has 35 heavy (non-hydrogen) atoms. The summed E-state index contributed by atoms with van der Waals surface area (Å²) in [6, 6.07) is 17.3. The summed E-state index contributed by atoms with van der Waals surface area (Å²) in [6.07, 6.45) is 7.70. The minimum absolute atomic E-state index is 0.0586. The Hall–Kier alpha value is -2.18. The molecule has 2 aromatic rings. The van der Waals surface area contributed by atoms with Gasteiger partial charge in [-0.2, -0.15) is 4.58 Å². The van der Waals surface area contributed by atoms with Crippen LogP contribution in [0.15, 0.2) is 54.6 Å². The predicted octanol–water partition coefficient (Wildman–Crippen LogP) is 6.71. The molecule has 2 heterocycles. The van der Waals surface area contributed by atoms with Crippen LogP contribution in [-0.4, -0.2) is 54.5 Å². The van der Waals surface area contributed by atoms with E-state index in [0.29, 0.717) is 6.42 Å². The van der Waals surface area contributed by atoms with Gasteiger partial charge in [-0.1, -0.05) is 51.9 Å². The first-order valence-electron chi connectivity index (χ1n) is 12.5. The van der Waals surface area contributed by atoms with Gasteiger partial charge in [0.2, 0.25) is 5.69 Å². The average Bonchev–Trinajstić information content (AvgIpc) is 2.99. The standard InChI is InChI=1S/C29H37N2O2S2/c1-29(2)25-8-5-6-9-26(25)31(19-7-10-28(32)33-24-17-20-34-35-21-18-24)27(29)16-13-22-11-14-23(15-12-22)30(3)4/h5-6,8-9,11-16,24H,7,10,17-21H2,1-4H3/q+1. The van der Waals surface area contributed by atoms with E-state index in [9.17, 15) is 4.79 Å². The maximum atomic E-state index is 12.6. The van der Waals surface area contributed by atoms with Crippen molar-refractivity contribution in [1.82, 2.24) is 0 Å². The number of hydrogen-bond donors (Lipinski definition) is 0. The highest BCUT2D eigenvalue weighted by atomic mass is 33.1. The number of carbonyl (C=O) groups is 1. The van der Waals surface area contributed by atoms with Gasteiger partial charge in [0.05, 0.1) is 11.8 Å². The summed E-state index contributed by atoms with van der Waals surface area (Å²) < 4.78 is 8.19. The third kappa shape index (κ3) is 6.34. The summed E-state index contributed by atoms with van der Waals surface area (Å²) in [7, 11) is 7.89. The lowest BCUT2D eigenvalue weighted by molar-refractivity contribution is -0.438. The van der Waals surface area contributed by atoms with Crippen LogP contribution in [0.1, 0.15) is 50.7 Å². The number of carbonyl (C=O) groups excluding carboxylic acids is 1. The molecule has 1 saturated heterocycles. The fraction of sp³-hybridized carbons (Fsp3) is 0.448. The third-order valence-corrected chi connectivity index (χ3v) is 9.30. The second-order valence-electron chi connectivity index (χ2n) is 9.94. The van der Waals surface area contributed by atoms with Crippen molar-refractivity contribution in [1.29, 1.82) is 0 Å². The molecular weight excluding hydrogens is 472 g/mol. The van der Waals surface area contributed by atoms with E-state index in [2.05, 4.69) is 98.1 Å². The molecule has 186 valence electrons. The normalized spacial score (nSPS) is 17.9. The minimum Gasteiger partial charge on any atom is -0.462 e. The van der Waals surface area contributed by atoms with Crippen molar-refractivity contribution < 1.29 is 14.1 Å². The van der Waals surface area contributed by atoms with Crippen LogP contribution in [0.4, 0.5) is 11.4 Å². The lowest BCUT2D eigenvalue weighted by Crippen LogP contribution is -2.28. The second kappa shape index (κ2) is 11.7. The van der Waals surface area contributed by atoms with Crippen LogP contribution in [-0.2, 0) is 14.9 Å². The molecule has 0 aromatic heterocycles. The average molecular weight is 510 g/mol. The number of ether oxygens (including phenoxy) is 1. The summed E-state index contributed by atoms with van der Waals surface area (Å²) >= 11 is 0. The quantitative estimate of drug-likeness (QED) is 0.224. The molecule has 1 fully saturated rings. The Kier molecular flexibility index (Phi) is 8.66. The van der Waals surface area contributed by atoms with E-state index in [-0.39, 0.29) is 17.5 Å². The van der Waals surface area contributed by atoms with Crippen molar-refractivity contribution in [2.45, 2.75) is 51.0 Å². The molecular formula is C29H37N2O2S2+. The van der Waals surface area contributed by atoms with Crippen LogP contribution < -0.4 is 4.90 Å². The molecule has 0 atom stereocenters. The molecule has 0 amide bonds. The van der Waals surface area contributed by atoms with E-state index in [1.807, 2.05) is 21.6 Å². The number of anilines is 1. The first kappa shape index (κ1) is 25.9. The molecule has 4 rings (SSSR count). The predicted molar refractivity (Wildman–Crippen MR) is 152 cm³/mol. The summed E-state index contributed by atoms with van der Waals surface area (Å²) in [6.45, 7) is 5.37. The Morgan fingerprint density at radius 1 is 1.06 bits per heavy atom.